The number of aromatic nitrogens is 2. The van der Waals surface area contributed by atoms with Crippen LogP contribution in [0, 0.1) is 3.70 Å². The molecular weight excluding hydrogens is 430 g/mol. The zero-order valence-corrected chi connectivity index (χ0v) is 15.5. The van der Waals surface area contributed by atoms with E-state index in [0.29, 0.717) is 0 Å². The van der Waals surface area contributed by atoms with Crippen LogP contribution in [0.2, 0.25) is 0 Å². The third-order valence-corrected chi connectivity index (χ3v) is 5.21. The Bertz CT molecular complexity index is 707. The monoisotopic (exact) mass is 449 g/mol. The Labute approximate surface area is 152 Å². The SMILES string of the molecule is CCc1nc(I)c2n1CCNC2CCc1ccc(C(F)(F)F)cc1. The summed E-state index contributed by atoms with van der Waals surface area (Å²) in [5, 5.41) is 3.51. The fraction of sp³-hybridized carbons (Fsp3) is 0.471. The number of halogens is 4. The Kier molecular flexibility index (Phi) is 5.19. The van der Waals surface area contributed by atoms with E-state index in [1.807, 2.05) is 0 Å². The first-order chi connectivity index (χ1) is 11.4. The Hall–Kier alpha value is -1.09. The normalized spacial score (nSPS) is 17.8. The van der Waals surface area contributed by atoms with E-state index >= 15 is 0 Å². The topological polar surface area (TPSA) is 29.9 Å². The minimum atomic E-state index is -4.28. The van der Waals surface area contributed by atoms with Gasteiger partial charge in [-0.25, -0.2) is 4.98 Å². The number of nitrogens with one attached hydrogen (secondary N) is 1. The number of hydrogen-bond acceptors (Lipinski definition) is 2. The van der Waals surface area contributed by atoms with E-state index in [4.69, 9.17) is 0 Å². The molecule has 2 heterocycles. The van der Waals surface area contributed by atoms with Gasteiger partial charge in [0.05, 0.1) is 17.3 Å². The van der Waals surface area contributed by atoms with Gasteiger partial charge in [-0.3, -0.25) is 0 Å². The second kappa shape index (κ2) is 7.03. The Balaban J connectivity index is 1.71. The first-order valence-corrected chi connectivity index (χ1v) is 9.12. The van der Waals surface area contributed by atoms with Gasteiger partial charge in [-0.1, -0.05) is 19.1 Å². The van der Waals surface area contributed by atoms with E-state index in [0.717, 1.165) is 59.6 Å². The molecule has 0 saturated heterocycles. The van der Waals surface area contributed by atoms with Crippen LogP contribution in [0.15, 0.2) is 24.3 Å². The lowest BCUT2D eigenvalue weighted by Crippen LogP contribution is -2.34. The zero-order valence-electron chi connectivity index (χ0n) is 13.3. The summed E-state index contributed by atoms with van der Waals surface area (Å²) in [6.45, 7) is 3.92. The number of fused-ring (bicyclic) bond motifs is 1. The molecule has 2 aromatic rings. The van der Waals surface area contributed by atoms with E-state index < -0.39 is 11.7 Å². The van der Waals surface area contributed by atoms with Crippen molar-refractivity contribution < 1.29 is 13.2 Å². The van der Waals surface area contributed by atoms with E-state index in [9.17, 15) is 13.2 Å². The third kappa shape index (κ3) is 3.61. The second-order valence-electron chi connectivity index (χ2n) is 5.95. The van der Waals surface area contributed by atoms with Gasteiger partial charge in [0.1, 0.15) is 9.53 Å². The van der Waals surface area contributed by atoms with Crippen molar-refractivity contribution in [3.05, 3.63) is 50.6 Å². The Morgan fingerprint density at radius 3 is 2.62 bits per heavy atom. The molecule has 1 atom stereocenters. The molecule has 0 bridgehead atoms. The number of benzene rings is 1. The van der Waals surface area contributed by atoms with E-state index in [1.54, 1.807) is 12.1 Å². The highest BCUT2D eigenvalue weighted by Gasteiger charge is 2.30. The number of rotatable bonds is 4. The summed E-state index contributed by atoms with van der Waals surface area (Å²) in [6, 6.07) is 5.66. The number of hydrogen-bond donors (Lipinski definition) is 1. The molecule has 1 aliphatic rings. The van der Waals surface area contributed by atoms with Crippen LogP contribution in [0.5, 0.6) is 0 Å². The fourth-order valence-electron chi connectivity index (χ4n) is 3.19. The standard InChI is InChI=1S/C17H19F3IN3/c1-2-14-23-16(21)15-13(22-9-10-24(14)15)8-5-11-3-6-12(7-4-11)17(18,19)20/h3-4,6-7,13,22H,2,5,8-10H2,1H3. The molecule has 3 rings (SSSR count). The van der Waals surface area contributed by atoms with Gasteiger partial charge in [0.15, 0.2) is 0 Å². The summed E-state index contributed by atoms with van der Waals surface area (Å²) in [7, 11) is 0. The quantitative estimate of drug-likeness (QED) is 0.704. The van der Waals surface area contributed by atoms with Gasteiger partial charge in [-0.2, -0.15) is 13.2 Å². The summed E-state index contributed by atoms with van der Waals surface area (Å²) in [4.78, 5) is 4.64. The minimum absolute atomic E-state index is 0.195. The van der Waals surface area contributed by atoms with Crippen LogP contribution in [-0.2, 0) is 25.6 Å². The van der Waals surface area contributed by atoms with Crippen molar-refractivity contribution in [2.75, 3.05) is 6.54 Å². The summed E-state index contributed by atoms with van der Waals surface area (Å²) >= 11 is 2.27. The van der Waals surface area contributed by atoms with Gasteiger partial charge in [-0.15, -0.1) is 0 Å². The average Bonchev–Trinajstić information content (AvgIpc) is 2.89. The van der Waals surface area contributed by atoms with Gasteiger partial charge < -0.3 is 9.88 Å². The van der Waals surface area contributed by atoms with Crippen molar-refractivity contribution in [1.82, 2.24) is 14.9 Å². The van der Waals surface area contributed by atoms with Crippen LogP contribution >= 0.6 is 22.6 Å². The fourth-order valence-corrected chi connectivity index (χ4v) is 4.14. The maximum Gasteiger partial charge on any atom is 0.416 e. The summed E-state index contributed by atoms with van der Waals surface area (Å²) in [5.41, 5.74) is 1.54. The number of imidazole rings is 1. The molecule has 24 heavy (non-hydrogen) atoms. The molecule has 1 unspecified atom stereocenters. The first kappa shape index (κ1) is 17.7. The minimum Gasteiger partial charge on any atom is -0.328 e. The average molecular weight is 449 g/mol. The molecule has 3 nitrogen and oxygen atoms in total. The highest BCUT2D eigenvalue weighted by Crippen LogP contribution is 2.31. The van der Waals surface area contributed by atoms with Gasteiger partial charge in [-0.05, 0) is 53.1 Å². The van der Waals surface area contributed by atoms with Gasteiger partial charge >= 0.3 is 6.18 Å². The molecular formula is C17H19F3IN3. The second-order valence-corrected chi connectivity index (χ2v) is 6.97. The first-order valence-electron chi connectivity index (χ1n) is 8.04. The Morgan fingerprint density at radius 2 is 2.00 bits per heavy atom. The molecule has 0 radical (unpaired) electrons. The summed E-state index contributed by atoms with van der Waals surface area (Å²) < 4.78 is 41.2. The van der Waals surface area contributed by atoms with Crippen molar-refractivity contribution in [2.45, 2.75) is 44.9 Å². The molecule has 0 fully saturated rings. The van der Waals surface area contributed by atoms with Crippen LogP contribution in [0.1, 0.15) is 42.0 Å². The molecule has 7 heteroatoms. The lowest BCUT2D eigenvalue weighted by atomic mass is 10.0. The van der Waals surface area contributed by atoms with Crippen LogP contribution in [0.25, 0.3) is 0 Å². The maximum atomic E-state index is 12.6. The molecule has 0 saturated carbocycles. The summed E-state index contributed by atoms with van der Waals surface area (Å²) in [6.07, 6.45) is -1.79. The number of aryl methyl sites for hydroxylation is 2. The van der Waals surface area contributed by atoms with Crippen LogP contribution in [0.3, 0.4) is 0 Å². The van der Waals surface area contributed by atoms with Gasteiger partial charge in [0.25, 0.3) is 0 Å². The highest BCUT2D eigenvalue weighted by molar-refractivity contribution is 14.1. The van der Waals surface area contributed by atoms with E-state index in [1.165, 1.54) is 5.69 Å². The maximum absolute atomic E-state index is 12.6. The lowest BCUT2D eigenvalue weighted by Gasteiger charge is -2.27. The van der Waals surface area contributed by atoms with Crippen molar-refractivity contribution in [2.24, 2.45) is 0 Å². The largest absolute Gasteiger partial charge is 0.416 e. The number of alkyl halides is 3. The molecule has 130 valence electrons. The van der Waals surface area contributed by atoms with Crippen LogP contribution < -0.4 is 5.32 Å². The van der Waals surface area contributed by atoms with Crippen LogP contribution in [-0.4, -0.2) is 16.1 Å². The molecule has 1 aromatic carbocycles. The van der Waals surface area contributed by atoms with Gasteiger partial charge in [0.2, 0.25) is 0 Å². The van der Waals surface area contributed by atoms with Crippen molar-refractivity contribution in [3.63, 3.8) is 0 Å². The van der Waals surface area contributed by atoms with Crippen molar-refractivity contribution in [3.8, 4) is 0 Å². The summed E-state index contributed by atoms with van der Waals surface area (Å²) in [5.74, 6) is 1.11. The molecule has 0 spiro atoms. The van der Waals surface area contributed by atoms with Crippen LogP contribution in [0.4, 0.5) is 13.2 Å². The van der Waals surface area contributed by atoms with Crippen molar-refractivity contribution >= 4 is 22.6 Å². The molecule has 1 aliphatic heterocycles. The molecule has 0 aliphatic carbocycles. The third-order valence-electron chi connectivity index (χ3n) is 4.42. The predicted molar refractivity (Wildman–Crippen MR) is 94.8 cm³/mol. The van der Waals surface area contributed by atoms with Gasteiger partial charge in [0, 0.05) is 19.5 Å². The van der Waals surface area contributed by atoms with Crippen molar-refractivity contribution in [1.29, 1.82) is 0 Å². The van der Waals surface area contributed by atoms with E-state index in [-0.39, 0.29) is 6.04 Å². The zero-order chi connectivity index (χ0) is 17.3. The van der Waals surface area contributed by atoms with E-state index in [2.05, 4.69) is 44.4 Å². The molecule has 1 aromatic heterocycles. The molecule has 1 N–H and O–H groups in total. The Morgan fingerprint density at radius 1 is 1.29 bits per heavy atom. The lowest BCUT2D eigenvalue weighted by molar-refractivity contribution is -0.137. The number of nitrogens with zero attached hydrogens (tertiary/aromatic N) is 2. The molecule has 0 amide bonds. The highest BCUT2D eigenvalue weighted by atomic mass is 127. The smallest absolute Gasteiger partial charge is 0.328 e. The predicted octanol–water partition coefficient (Wildman–Crippen LogP) is 4.35.